The average Bonchev–Trinajstić information content (AvgIpc) is 3.52. The minimum Gasteiger partial charge on any atom is -0.233 e. The molecule has 0 fully saturated rings. The first-order valence-corrected chi connectivity index (χ1v) is 14.0. The Morgan fingerprint density at radius 3 is 1.59 bits per heavy atom. The molecule has 0 saturated heterocycles. The molecule has 5 aromatic carbocycles. The molecular weight excluding hydrogens is 489 g/mol. The van der Waals surface area contributed by atoms with Crippen LogP contribution in [-0.4, -0.2) is 5.04 Å². The van der Waals surface area contributed by atoms with Crippen molar-refractivity contribution < 1.29 is 0 Å². The largest absolute Gasteiger partial charge is 0.233 e. The van der Waals surface area contributed by atoms with Gasteiger partial charge in [0.2, 0.25) is 0 Å². The van der Waals surface area contributed by atoms with E-state index < -0.39 is 4.20 Å². The lowest BCUT2D eigenvalue weighted by molar-refractivity contribution is 0.806. The van der Waals surface area contributed by atoms with Crippen LogP contribution in [0.25, 0.3) is 0 Å². The standard InChI is InChI=1S/C33H24N2S2/c1-5-15-25(16-6-1)31-34-35(28-21-11-4-12-22-28)33(36-31)30-24-14-13-23-29(30)32(37-33,26-17-7-2-8-18-26)27-19-9-3-10-20-27/h1-24H/t33-/m0/s1. The normalized spacial score (nSPS) is 19.6. The number of anilines is 1. The van der Waals surface area contributed by atoms with Gasteiger partial charge in [-0.05, 0) is 28.8 Å². The summed E-state index contributed by atoms with van der Waals surface area (Å²) in [7, 11) is 0. The van der Waals surface area contributed by atoms with Gasteiger partial charge in [0, 0.05) is 11.1 Å². The fourth-order valence-corrected chi connectivity index (χ4v) is 9.07. The first-order chi connectivity index (χ1) is 18.3. The Balaban J connectivity index is 1.50. The number of nitrogens with zero attached hydrogens (tertiary/aromatic N) is 2. The van der Waals surface area contributed by atoms with Gasteiger partial charge in [-0.1, -0.05) is 157 Å². The van der Waals surface area contributed by atoms with Crippen LogP contribution in [0.4, 0.5) is 5.69 Å². The number of hydrogen-bond donors (Lipinski definition) is 0. The van der Waals surface area contributed by atoms with Crippen LogP contribution in [0.3, 0.4) is 0 Å². The van der Waals surface area contributed by atoms with Crippen molar-refractivity contribution >= 4 is 34.3 Å². The summed E-state index contributed by atoms with van der Waals surface area (Å²) < 4.78 is -0.865. The van der Waals surface area contributed by atoms with Gasteiger partial charge in [0.05, 0.1) is 10.4 Å². The molecule has 1 spiro atoms. The molecule has 5 aromatic rings. The van der Waals surface area contributed by atoms with E-state index in [0.29, 0.717) is 0 Å². The van der Waals surface area contributed by atoms with Crippen LogP contribution in [0.1, 0.15) is 27.8 Å². The summed E-state index contributed by atoms with van der Waals surface area (Å²) in [5.74, 6) is 0. The third-order valence-corrected chi connectivity index (χ3v) is 10.4. The second kappa shape index (κ2) is 8.98. The molecule has 7 rings (SSSR count). The highest BCUT2D eigenvalue weighted by molar-refractivity contribution is 8.26. The third kappa shape index (κ3) is 3.47. The molecule has 2 aliphatic rings. The molecule has 2 heterocycles. The van der Waals surface area contributed by atoms with Crippen LogP contribution in [0.5, 0.6) is 0 Å². The van der Waals surface area contributed by atoms with Crippen molar-refractivity contribution in [2.75, 3.05) is 5.01 Å². The summed E-state index contributed by atoms with van der Waals surface area (Å²) in [5.41, 5.74) is 7.38. The molecule has 0 bridgehead atoms. The predicted octanol–water partition coefficient (Wildman–Crippen LogP) is 8.45. The number of benzene rings is 5. The molecule has 0 unspecified atom stereocenters. The van der Waals surface area contributed by atoms with Gasteiger partial charge in [-0.15, -0.1) is 0 Å². The van der Waals surface area contributed by atoms with Gasteiger partial charge < -0.3 is 0 Å². The highest BCUT2D eigenvalue weighted by Crippen LogP contribution is 2.71. The van der Waals surface area contributed by atoms with Crippen molar-refractivity contribution in [3.8, 4) is 0 Å². The maximum atomic E-state index is 5.31. The number of rotatable bonds is 4. The third-order valence-electron chi connectivity index (χ3n) is 7.02. The molecule has 1 atom stereocenters. The minimum atomic E-state index is -0.477. The van der Waals surface area contributed by atoms with Gasteiger partial charge in [-0.25, -0.2) is 5.01 Å². The van der Waals surface area contributed by atoms with E-state index in [2.05, 4.69) is 151 Å². The molecule has 0 amide bonds. The topological polar surface area (TPSA) is 15.6 Å². The quantitative estimate of drug-likeness (QED) is 0.240. The Bertz CT molecular complexity index is 1530. The van der Waals surface area contributed by atoms with E-state index in [4.69, 9.17) is 5.10 Å². The van der Waals surface area contributed by atoms with Crippen LogP contribution < -0.4 is 5.01 Å². The van der Waals surface area contributed by atoms with E-state index in [1.54, 1.807) is 0 Å². The van der Waals surface area contributed by atoms with Crippen molar-refractivity contribution in [3.05, 3.63) is 173 Å². The molecule has 2 aliphatic heterocycles. The number of thioether (sulfide) groups is 2. The fraction of sp³-hybridized carbons (Fsp3) is 0.0606. The average molecular weight is 513 g/mol. The summed E-state index contributed by atoms with van der Waals surface area (Å²) in [6.45, 7) is 0. The smallest absolute Gasteiger partial charge is 0.187 e. The molecule has 0 aromatic heterocycles. The zero-order valence-electron chi connectivity index (χ0n) is 20.1. The minimum absolute atomic E-state index is 0.388. The number of hydrazone groups is 1. The predicted molar refractivity (Wildman–Crippen MR) is 158 cm³/mol. The summed E-state index contributed by atoms with van der Waals surface area (Å²) in [5, 5.41) is 8.59. The Morgan fingerprint density at radius 1 is 0.514 bits per heavy atom. The molecule has 2 nitrogen and oxygen atoms in total. The van der Waals surface area contributed by atoms with Crippen LogP contribution in [0, 0.1) is 0 Å². The molecule has 0 saturated carbocycles. The summed E-state index contributed by atoms with van der Waals surface area (Å²) in [6, 6.07) is 51.9. The zero-order valence-corrected chi connectivity index (χ0v) is 21.7. The van der Waals surface area contributed by atoms with Crippen molar-refractivity contribution in [2.24, 2.45) is 5.10 Å². The molecular formula is C33H24N2S2. The zero-order chi connectivity index (χ0) is 24.7. The molecule has 0 radical (unpaired) electrons. The fourth-order valence-electron chi connectivity index (χ4n) is 5.40. The Hall–Kier alpha value is -3.73. The number of hydrogen-bond acceptors (Lipinski definition) is 4. The van der Waals surface area contributed by atoms with Gasteiger partial charge in [0.1, 0.15) is 5.04 Å². The van der Waals surface area contributed by atoms with E-state index in [-0.39, 0.29) is 4.75 Å². The first-order valence-electron chi connectivity index (χ1n) is 12.4. The van der Waals surface area contributed by atoms with E-state index in [1.165, 1.54) is 22.3 Å². The van der Waals surface area contributed by atoms with Gasteiger partial charge in [0.25, 0.3) is 0 Å². The Morgan fingerprint density at radius 2 is 1.00 bits per heavy atom. The van der Waals surface area contributed by atoms with E-state index in [9.17, 15) is 0 Å². The Kier molecular flexibility index (Phi) is 5.45. The molecule has 4 heteroatoms. The van der Waals surface area contributed by atoms with Crippen molar-refractivity contribution in [3.63, 3.8) is 0 Å². The second-order valence-electron chi connectivity index (χ2n) is 9.16. The van der Waals surface area contributed by atoms with Crippen molar-refractivity contribution in [1.29, 1.82) is 0 Å². The molecule has 0 aliphatic carbocycles. The maximum absolute atomic E-state index is 5.31. The van der Waals surface area contributed by atoms with E-state index in [0.717, 1.165) is 16.3 Å². The second-order valence-corrected chi connectivity index (χ2v) is 12.0. The molecule has 37 heavy (non-hydrogen) atoms. The first kappa shape index (κ1) is 22.5. The van der Waals surface area contributed by atoms with E-state index >= 15 is 0 Å². The van der Waals surface area contributed by atoms with Crippen LogP contribution in [0.2, 0.25) is 0 Å². The molecule has 178 valence electrons. The lowest BCUT2D eigenvalue weighted by Gasteiger charge is -2.37. The Labute approximate surface area is 226 Å². The van der Waals surface area contributed by atoms with Gasteiger partial charge >= 0.3 is 0 Å². The van der Waals surface area contributed by atoms with Crippen LogP contribution in [-0.2, 0) is 8.95 Å². The lowest BCUT2D eigenvalue weighted by Crippen LogP contribution is -2.33. The van der Waals surface area contributed by atoms with Gasteiger partial charge in [-0.2, -0.15) is 5.10 Å². The van der Waals surface area contributed by atoms with Crippen molar-refractivity contribution in [2.45, 2.75) is 8.95 Å². The highest BCUT2D eigenvalue weighted by atomic mass is 32.2. The lowest BCUT2D eigenvalue weighted by atomic mass is 9.82. The summed E-state index contributed by atoms with van der Waals surface area (Å²) >= 11 is 3.83. The number of para-hydroxylation sites is 1. The number of fused-ring (bicyclic) bond motifs is 2. The van der Waals surface area contributed by atoms with Gasteiger partial charge in [0.15, 0.2) is 4.20 Å². The highest BCUT2D eigenvalue weighted by Gasteiger charge is 2.61. The maximum Gasteiger partial charge on any atom is 0.187 e. The van der Waals surface area contributed by atoms with Crippen molar-refractivity contribution in [1.82, 2.24) is 0 Å². The monoisotopic (exact) mass is 512 g/mol. The van der Waals surface area contributed by atoms with Gasteiger partial charge in [-0.3, -0.25) is 0 Å². The SMILES string of the molecule is c1ccc(C2=NN(c3ccccc3)[C@@]3(S2)SC(c2ccccc2)(c2ccccc2)c2ccccc23)cc1. The molecule has 0 N–H and O–H groups in total. The van der Waals surface area contributed by atoms with E-state index in [1.807, 2.05) is 23.5 Å². The van der Waals surface area contributed by atoms with Crippen LogP contribution >= 0.6 is 23.5 Å². The summed E-state index contributed by atoms with van der Waals surface area (Å²) in [6.07, 6.45) is 0. The van der Waals surface area contributed by atoms with Crippen LogP contribution in [0.15, 0.2) is 151 Å². The summed E-state index contributed by atoms with van der Waals surface area (Å²) in [4.78, 5) is 0.